The summed E-state index contributed by atoms with van der Waals surface area (Å²) in [7, 11) is 7.61. The summed E-state index contributed by atoms with van der Waals surface area (Å²) >= 11 is 0. The van der Waals surface area contributed by atoms with E-state index in [9.17, 15) is 0 Å². The summed E-state index contributed by atoms with van der Waals surface area (Å²) in [5.41, 5.74) is 0.628. The summed E-state index contributed by atoms with van der Waals surface area (Å²) < 4.78 is 31.8. The van der Waals surface area contributed by atoms with E-state index in [1.165, 1.54) is 21.3 Å². The van der Waals surface area contributed by atoms with Gasteiger partial charge in [-0.2, -0.15) is 0 Å². The fourth-order valence-electron chi connectivity index (χ4n) is 1.94. The standard InChI is InChI=1S/C12H20BO6.Li/c1-14-9-19-11-8-6-7-10(12(11)15-2)13(16-3,17-4)18-5;/h6-8H,9H2,1-5H3;/q-1;+1. The van der Waals surface area contributed by atoms with Gasteiger partial charge in [0.1, 0.15) is 5.75 Å². The normalized spacial score (nSPS) is 10.8. The van der Waals surface area contributed by atoms with Crippen LogP contribution in [0.15, 0.2) is 18.2 Å². The maximum Gasteiger partial charge on any atom is 1.00 e. The smallest absolute Gasteiger partial charge is 0.543 e. The van der Waals surface area contributed by atoms with E-state index in [2.05, 4.69) is 0 Å². The Morgan fingerprint density at radius 3 is 2.00 bits per heavy atom. The van der Waals surface area contributed by atoms with Gasteiger partial charge < -0.3 is 28.2 Å². The fourth-order valence-corrected chi connectivity index (χ4v) is 1.94. The number of rotatable bonds is 8. The van der Waals surface area contributed by atoms with Crippen LogP contribution in [0.25, 0.3) is 0 Å². The largest absolute Gasteiger partial charge is 1.00 e. The van der Waals surface area contributed by atoms with Gasteiger partial charge in [-0.25, -0.2) is 0 Å². The second-order valence-electron chi connectivity index (χ2n) is 3.78. The average Bonchev–Trinajstić information content (AvgIpc) is 2.47. The predicted octanol–water partition coefficient (Wildman–Crippen LogP) is -2.23. The van der Waals surface area contributed by atoms with Gasteiger partial charge in [0.05, 0.1) is 7.11 Å². The van der Waals surface area contributed by atoms with Crippen LogP contribution in [0.5, 0.6) is 11.5 Å². The van der Waals surface area contributed by atoms with Gasteiger partial charge in [0.15, 0.2) is 12.5 Å². The molecule has 1 aromatic rings. The maximum atomic E-state index is 5.44. The van der Waals surface area contributed by atoms with Gasteiger partial charge in [-0.1, -0.05) is 17.6 Å². The topological polar surface area (TPSA) is 55.4 Å². The Morgan fingerprint density at radius 2 is 1.55 bits per heavy atom. The van der Waals surface area contributed by atoms with Crippen LogP contribution in [0.3, 0.4) is 0 Å². The molecule has 1 rings (SSSR count). The molecule has 1 aromatic carbocycles. The third kappa shape index (κ3) is 3.92. The molecular weight excluding hydrogens is 258 g/mol. The summed E-state index contributed by atoms with van der Waals surface area (Å²) in [6.07, 6.45) is 0. The molecule has 0 aliphatic carbocycles. The van der Waals surface area contributed by atoms with Crippen LogP contribution in [0.1, 0.15) is 0 Å². The molecule has 6 nitrogen and oxygen atoms in total. The molecule has 0 spiro atoms. The number of para-hydroxylation sites is 1. The first-order valence-electron chi connectivity index (χ1n) is 5.77. The molecule has 0 unspecified atom stereocenters. The van der Waals surface area contributed by atoms with Crippen molar-refractivity contribution in [2.24, 2.45) is 0 Å². The number of methoxy groups -OCH3 is 2. The molecule has 0 aromatic heterocycles. The van der Waals surface area contributed by atoms with Crippen molar-refractivity contribution in [1.82, 2.24) is 0 Å². The molecule has 0 heterocycles. The van der Waals surface area contributed by atoms with E-state index < -0.39 is 6.75 Å². The molecule has 0 radical (unpaired) electrons. The van der Waals surface area contributed by atoms with Crippen LogP contribution in [0, 0.1) is 0 Å². The molecule has 0 fully saturated rings. The van der Waals surface area contributed by atoms with Gasteiger partial charge in [-0.05, 0) is 27.4 Å². The molecule has 0 saturated heterocycles. The van der Waals surface area contributed by atoms with E-state index >= 15 is 0 Å². The van der Waals surface area contributed by atoms with Gasteiger partial charge in [-0.15, -0.1) is 0 Å². The van der Waals surface area contributed by atoms with Crippen LogP contribution >= 0.6 is 0 Å². The van der Waals surface area contributed by atoms with Gasteiger partial charge >= 0.3 is 25.6 Å². The summed E-state index contributed by atoms with van der Waals surface area (Å²) in [6.45, 7) is -1.96. The van der Waals surface area contributed by atoms with Crippen LogP contribution in [-0.4, -0.2) is 49.1 Å². The third-order valence-electron chi connectivity index (χ3n) is 2.86. The zero-order valence-electron chi connectivity index (χ0n) is 13.0. The van der Waals surface area contributed by atoms with Crippen molar-refractivity contribution in [1.29, 1.82) is 0 Å². The van der Waals surface area contributed by atoms with E-state index in [1.54, 1.807) is 32.4 Å². The molecule has 0 atom stereocenters. The summed E-state index contributed by atoms with van der Waals surface area (Å²) in [5.74, 6) is 1.02. The monoisotopic (exact) mass is 278 g/mol. The van der Waals surface area contributed by atoms with Crippen molar-refractivity contribution in [2.45, 2.75) is 0 Å². The molecule has 20 heavy (non-hydrogen) atoms. The van der Waals surface area contributed by atoms with Gasteiger partial charge in [-0.3, -0.25) is 0 Å². The van der Waals surface area contributed by atoms with Crippen molar-refractivity contribution in [2.75, 3.05) is 42.3 Å². The molecule has 0 saturated carbocycles. The second-order valence-corrected chi connectivity index (χ2v) is 3.78. The van der Waals surface area contributed by atoms with Crippen LogP contribution < -0.4 is 33.8 Å². The zero-order chi connectivity index (χ0) is 14.3. The van der Waals surface area contributed by atoms with Crippen LogP contribution in [0.2, 0.25) is 0 Å². The molecule has 108 valence electrons. The van der Waals surface area contributed by atoms with Crippen molar-refractivity contribution < 1.29 is 47.0 Å². The van der Waals surface area contributed by atoms with E-state index in [1.807, 2.05) is 0 Å². The summed E-state index contributed by atoms with van der Waals surface area (Å²) in [6, 6.07) is 5.37. The van der Waals surface area contributed by atoms with Crippen molar-refractivity contribution >= 4 is 12.2 Å². The van der Waals surface area contributed by atoms with E-state index in [-0.39, 0.29) is 25.7 Å². The maximum absolute atomic E-state index is 5.44. The Hall–Kier alpha value is -0.678. The van der Waals surface area contributed by atoms with E-state index in [4.69, 9.17) is 28.2 Å². The minimum absolute atomic E-state index is 0. The first-order chi connectivity index (χ1) is 9.18. The number of benzene rings is 1. The quantitative estimate of drug-likeness (QED) is 0.396. The Labute approximate surface area is 131 Å². The SMILES string of the molecule is COCOc1cccc([B-](OC)(OC)OC)c1OC.[Li+]. The Kier molecular flexibility index (Phi) is 8.98. The van der Waals surface area contributed by atoms with E-state index in [0.717, 1.165) is 0 Å². The molecular formula is C12H20BLiO6. The Balaban J connectivity index is 0.00000361. The summed E-state index contributed by atoms with van der Waals surface area (Å²) in [5, 5.41) is 0. The first kappa shape index (κ1) is 19.3. The average molecular weight is 278 g/mol. The number of hydrogen-bond donors (Lipinski definition) is 0. The molecule has 0 bridgehead atoms. The predicted molar refractivity (Wildman–Crippen MR) is 71.9 cm³/mol. The molecule has 0 amide bonds. The fraction of sp³-hybridized carbons (Fsp3) is 0.500. The van der Waals surface area contributed by atoms with Crippen LogP contribution in [0.4, 0.5) is 0 Å². The van der Waals surface area contributed by atoms with Gasteiger partial charge in [0.2, 0.25) is 0 Å². The molecule has 0 aliphatic rings. The molecule has 8 heteroatoms. The van der Waals surface area contributed by atoms with Crippen LogP contribution in [-0.2, 0) is 18.7 Å². The molecule has 0 N–H and O–H groups in total. The van der Waals surface area contributed by atoms with Crippen molar-refractivity contribution in [3.63, 3.8) is 0 Å². The minimum Gasteiger partial charge on any atom is -0.543 e. The number of hydrogen-bond acceptors (Lipinski definition) is 6. The first-order valence-corrected chi connectivity index (χ1v) is 5.77. The second kappa shape index (κ2) is 9.29. The van der Waals surface area contributed by atoms with E-state index in [0.29, 0.717) is 17.0 Å². The van der Waals surface area contributed by atoms with Crippen molar-refractivity contribution in [3.8, 4) is 11.5 Å². The Bertz CT molecular complexity index is 391. The Morgan fingerprint density at radius 1 is 0.950 bits per heavy atom. The third-order valence-corrected chi connectivity index (χ3v) is 2.86. The van der Waals surface area contributed by atoms with Gasteiger partial charge in [0.25, 0.3) is 0 Å². The minimum atomic E-state index is -2.08. The summed E-state index contributed by atoms with van der Waals surface area (Å²) in [4.78, 5) is 0. The molecule has 0 aliphatic heterocycles. The zero-order valence-corrected chi connectivity index (χ0v) is 13.0. The van der Waals surface area contributed by atoms with Crippen molar-refractivity contribution in [3.05, 3.63) is 18.2 Å². The number of ether oxygens (including phenoxy) is 3. The van der Waals surface area contributed by atoms with Gasteiger partial charge in [0, 0.05) is 7.11 Å².